The van der Waals surface area contributed by atoms with Crippen molar-refractivity contribution in [1.29, 1.82) is 0 Å². The minimum atomic E-state index is -4.00. The summed E-state index contributed by atoms with van der Waals surface area (Å²) >= 11 is 0. The van der Waals surface area contributed by atoms with Crippen LogP contribution in [0.1, 0.15) is 0 Å². The van der Waals surface area contributed by atoms with Gasteiger partial charge in [0.1, 0.15) is 0 Å². The standard InChI is InChI=1S/C6H6O3S.C6H5O2S.K/c7-10(8,9)6-4-2-1-3-5-6;7-9(8)6-4-2-1-3-5-6;/h1-5H,(H,7,8,9);1-5H;/q;-1;+1. The Kier molecular flexibility index (Phi) is 9.77. The molecular weight excluding hydrogens is 327 g/mol. The normalized spacial score (nSPS) is 10.1. The van der Waals surface area contributed by atoms with Crippen LogP contribution in [-0.2, 0) is 29.2 Å². The van der Waals surface area contributed by atoms with Gasteiger partial charge in [0.05, 0.1) is 4.90 Å². The van der Waals surface area contributed by atoms with Gasteiger partial charge in [0.2, 0.25) is 0 Å². The van der Waals surface area contributed by atoms with Crippen molar-refractivity contribution in [1.82, 2.24) is 0 Å². The zero-order valence-corrected chi connectivity index (χ0v) is 15.4. The van der Waals surface area contributed by atoms with E-state index in [-0.39, 0.29) is 56.3 Å². The van der Waals surface area contributed by atoms with Gasteiger partial charge in [-0.25, -0.2) is 0 Å². The third-order valence-electron chi connectivity index (χ3n) is 1.98. The molecule has 0 spiro atoms. The minimum Gasteiger partial charge on any atom is -0.420 e. The van der Waals surface area contributed by atoms with E-state index in [0.717, 1.165) is 0 Å². The smallest absolute Gasteiger partial charge is 0.420 e. The van der Waals surface area contributed by atoms with Crippen LogP contribution in [-0.4, -0.2) is 13.0 Å². The first-order valence-corrected chi connectivity index (χ1v) is 7.59. The van der Waals surface area contributed by atoms with Gasteiger partial charge in [0.15, 0.2) is 0 Å². The second-order valence-corrected chi connectivity index (χ2v) is 5.70. The van der Waals surface area contributed by atoms with Crippen LogP contribution >= 0.6 is 0 Å². The topological polar surface area (TPSA) is 88.5 Å². The summed E-state index contributed by atoms with van der Waals surface area (Å²) in [5, 5.41) is 0. The molecule has 0 aliphatic heterocycles. The molecule has 0 aliphatic rings. The molecule has 102 valence electrons. The average molecular weight is 338 g/mol. The second kappa shape index (κ2) is 9.80. The zero-order chi connectivity index (χ0) is 14.3. The average Bonchev–Trinajstić information content (AvgIpc) is 2.40. The fourth-order valence-corrected chi connectivity index (χ4v) is 2.00. The molecule has 0 fully saturated rings. The summed E-state index contributed by atoms with van der Waals surface area (Å²) < 4.78 is 49.6. The molecule has 0 aliphatic carbocycles. The molecule has 0 unspecified atom stereocenters. The van der Waals surface area contributed by atoms with Gasteiger partial charge >= 0.3 is 51.4 Å². The van der Waals surface area contributed by atoms with Crippen molar-refractivity contribution in [3.8, 4) is 0 Å². The van der Waals surface area contributed by atoms with E-state index >= 15 is 0 Å². The van der Waals surface area contributed by atoms with E-state index in [2.05, 4.69) is 0 Å². The van der Waals surface area contributed by atoms with Crippen molar-refractivity contribution in [2.45, 2.75) is 9.79 Å². The molecule has 20 heavy (non-hydrogen) atoms. The Balaban J connectivity index is 0.000000345. The van der Waals surface area contributed by atoms with Crippen LogP contribution in [0.2, 0.25) is 0 Å². The molecule has 8 heteroatoms. The summed E-state index contributed by atoms with van der Waals surface area (Å²) in [7, 11) is -6.08. The van der Waals surface area contributed by atoms with E-state index in [1.54, 1.807) is 48.5 Å². The van der Waals surface area contributed by atoms with Crippen molar-refractivity contribution < 1.29 is 72.8 Å². The Morgan fingerprint density at radius 3 is 1.45 bits per heavy atom. The van der Waals surface area contributed by atoms with Gasteiger partial charge in [0, 0.05) is 0 Å². The number of benzene rings is 2. The molecule has 0 aromatic heterocycles. The summed E-state index contributed by atoms with van der Waals surface area (Å²) in [6, 6.07) is 15.7. The van der Waals surface area contributed by atoms with E-state index in [0.29, 0.717) is 4.90 Å². The number of hydrogen-bond donors (Lipinski definition) is 1. The Morgan fingerprint density at radius 2 is 1.20 bits per heavy atom. The maximum absolute atomic E-state index is 10.4. The van der Waals surface area contributed by atoms with Crippen molar-refractivity contribution in [2.24, 2.45) is 0 Å². The monoisotopic (exact) mass is 338 g/mol. The minimum absolute atomic E-state index is 0. The number of hydrogen-bond acceptors (Lipinski definition) is 5. The molecule has 0 heterocycles. The third kappa shape index (κ3) is 7.65. The van der Waals surface area contributed by atoms with Crippen LogP contribution in [0.15, 0.2) is 70.5 Å². The molecule has 1 N–H and O–H groups in total. The molecule has 0 amide bonds. The van der Waals surface area contributed by atoms with E-state index < -0.39 is 20.8 Å². The Bertz CT molecular complexity index is 674. The molecule has 0 atom stereocenters. The van der Waals surface area contributed by atoms with E-state index in [4.69, 9.17) is 4.55 Å². The first-order chi connectivity index (χ1) is 8.91. The van der Waals surface area contributed by atoms with Crippen molar-refractivity contribution in [3.05, 3.63) is 60.7 Å². The summed E-state index contributed by atoms with van der Waals surface area (Å²) in [5.41, 5.74) is 0. The third-order valence-corrected chi connectivity index (χ3v) is 3.50. The molecule has 0 radical (unpaired) electrons. The van der Waals surface area contributed by atoms with Crippen LogP contribution < -0.4 is 51.4 Å². The maximum atomic E-state index is 10.4. The summed E-state index contributed by atoms with van der Waals surface area (Å²) in [6.45, 7) is 0. The van der Waals surface area contributed by atoms with Gasteiger partial charge in [-0.2, -0.15) is 8.42 Å². The maximum Gasteiger partial charge on any atom is 1.00 e. The van der Waals surface area contributed by atoms with E-state index in [1.165, 1.54) is 12.1 Å². The van der Waals surface area contributed by atoms with Crippen LogP contribution in [0, 0.1) is 0 Å². The van der Waals surface area contributed by atoms with Crippen LogP contribution in [0.5, 0.6) is 0 Å². The predicted molar refractivity (Wildman–Crippen MR) is 69.7 cm³/mol. The van der Waals surface area contributed by atoms with Gasteiger partial charge in [-0.15, -0.1) is 0 Å². The fraction of sp³-hybridized carbons (Fsp3) is 0. The Morgan fingerprint density at radius 1 is 0.800 bits per heavy atom. The first-order valence-electron chi connectivity index (χ1n) is 5.08. The largest absolute Gasteiger partial charge is 1.00 e. The van der Waals surface area contributed by atoms with Crippen molar-refractivity contribution >= 4 is 20.8 Å². The van der Waals surface area contributed by atoms with Crippen molar-refractivity contribution in [2.75, 3.05) is 0 Å². The van der Waals surface area contributed by atoms with Gasteiger partial charge in [-0.05, 0) is 22.8 Å². The molecule has 5 nitrogen and oxygen atoms in total. The summed E-state index contributed by atoms with van der Waals surface area (Å²) in [5.74, 6) is 0. The Labute approximate surface area is 162 Å². The van der Waals surface area contributed by atoms with Crippen LogP contribution in [0.4, 0.5) is 0 Å². The van der Waals surface area contributed by atoms with Gasteiger partial charge < -0.3 is 8.42 Å². The van der Waals surface area contributed by atoms with Gasteiger partial charge in [-0.1, -0.05) is 53.4 Å². The molecule has 2 rings (SSSR count). The Hall–Kier alpha value is -0.0636. The second-order valence-electron chi connectivity index (χ2n) is 3.34. The van der Waals surface area contributed by atoms with E-state index in [9.17, 15) is 16.8 Å². The SMILES string of the molecule is O=S(=O)(O)c1ccccc1.O=[S-](=O)c1ccccc1.[K+]. The van der Waals surface area contributed by atoms with Gasteiger partial charge in [0.25, 0.3) is 10.1 Å². The van der Waals surface area contributed by atoms with Crippen LogP contribution in [0.25, 0.3) is 0 Å². The van der Waals surface area contributed by atoms with Crippen LogP contribution in [0.3, 0.4) is 0 Å². The first kappa shape index (κ1) is 19.9. The molecule has 0 saturated heterocycles. The molecule has 0 saturated carbocycles. The fourth-order valence-electron chi connectivity index (χ4n) is 1.12. The molecule has 2 aromatic rings. The predicted octanol–water partition coefficient (Wildman–Crippen LogP) is -0.708. The quantitative estimate of drug-likeness (QED) is 0.444. The summed E-state index contributed by atoms with van der Waals surface area (Å²) in [4.78, 5) is 0.257. The summed E-state index contributed by atoms with van der Waals surface area (Å²) in [6.07, 6.45) is 0. The van der Waals surface area contributed by atoms with Crippen molar-refractivity contribution in [3.63, 3.8) is 0 Å². The zero-order valence-electron chi connectivity index (χ0n) is 10.7. The van der Waals surface area contributed by atoms with E-state index in [1.807, 2.05) is 0 Å². The molecule has 0 bridgehead atoms. The molecule has 2 aromatic carbocycles. The number of rotatable bonds is 2. The van der Waals surface area contributed by atoms with Gasteiger partial charge in [-0.3, -0.25) is 4.55 Å². The molecular formula is C12H11KO5S2.